The van der Waals surface area contributed by atoms with Crippen LogP contribution in [-0.2, 0) is 6.61 Å². The summed E-state index contributed by atoms with van der Waals surface area (Å²) in [7, 11) is 0. The first-order valence-electron chi connectivity index (χ1n) is 8.94. The van der Waals surface area contributed by atoms with E-state index in [-0.39, 0.29) is 22.9 Å². The molecule has 0 saturated carbocycles. The van der Waals surface area contributed by atoms with E-state index in [0.717, 1.165) is 16.3 Å². The summed E-state index contributed by atoms with van der Waals surface area (Å²) in [6.45, 7) is 0.0551. The van der Waals surface area contributed by atoms with Crippen LogP contribution in [0.25, 0.3) is 10.8 Å². The van der Waals surface area contributed by atoms with Crippen LogP contribution >= 0.6 is 11.6 Å². The van der Waals surface area contributed by atoms with Gasteiger partial charge in [0.2, 0.25) is 0 Å². The Morgan fingerprint density at radius 2 is 1.59 bits per heavy atom. The maximum atomic E-state index is 13.3. The van der Waals surface area contributed by atoms with Gasteiger partial charge in [-0.1, -0.05) is 54.1 Å². The summed E-state index contributed by atoms with van der Waals surface area (Å²) in [6.07, 6.45) is -5.85. The highest BCUT2D eigenvalue weighted by molar-refractivity contribution is 6.30. The average Bonchev–Trinajstić information content (AvgIpc) is 2.72. The van der Waals surface area contributed by atoms with Gasteiger partial charge in [-0.2, -0.15) is 35.8 Å². The van der Waals surface area contributed by atoms with Gasteiger partial charge in [0, 0.05) is 10.6 Å². The standard InChI is InChI=1S/C21H14ClF7N2O/c22-16-8-9-18(32-12-14-6-3-5-13-4-1-2-7-17(13)14)15(10-16)11-30-31-21(28,29)19(23,24)20(25,26)27/h1-11,31H,12H2/b30-11-. The number of benzene rings is 3. The van der Waals surface area contributed by atoms with Gasteiger partial charge >= 0.3 is 18.1 Å². The molecule has 170 valence electrons. The monoisotopic (exact) mass is 478 g/mol. The van der Waals surface area contributed by atoms with Crippen molar-refractivity contribution in [2.75, 3.05) is 0 Å². The van der Waals surface area contributed by atoms with Crippen LogP contribution in [0.2, 0.25) is 5.02 Å². The van der Waals surface area contributed by atoms with Gasteiger partial charge in [0.25, 0.3) is 0 Å². The minimum atomic E-state index is -6.47. The molecular weight excluding hydrogens is 465 g/mol. The lowest BCUT2D eigenvalue weighted by molar-refractivity contribution is -0.361. The van der Waals surface area contributed by atoms with Gasteiger partial charge < -0.3 is 4.74 Å². The van der Waals surface area contributed by atoms with E-state index in [1.165, 1.54) is 18.2 Å². The molecule has 32 heavy (non-hydrogen) atoms. The van der Waals surface area contributed by atoms with E-state index in [2.05, 4.69) is 5.10 Å². The van der Waals surface area contributed by atoms with Crippen LogP contribution in [0.4, 0.5) is 30.7 Å². The number of nitrogens with zero attached hydrogens (tertiary/aromatic N) is 1. The van der Waals surface area contributed by atoms with Gasteiger partial charge in [0.1, 0.15) is 12.4 Å². The number of alkyl halides is 7. The number of nitrogens with one attached hydrogen (secondary N) is 1. The molecular formula is C21H14ClF7N2O. The maximum absolute atomic E-state index is 13.3. The van der Waals surface area contributed by atoms with E-state index >= 15 is 0 Å². The van der Waals surface area contributed by atoms with Gasteiger partial charge in [0.05, 0.1) is 6.21 Å². The van der Waals surface area contributed by atoms with Crippen molar-refractivity contribution in [2.45, 2.75) is 24.8 Å². The predicted octanol–water partition coefficient (Wildman–Crippen LogP) is 6.79. The summed E-state index contributed by atoms with van der Waals surface area (Å²) >= 11 is 5.86. The highest BCUT2D eigenvalue weighted by atomic mass is 35.5. The van der Waals surface area contributed by atoms with Crippen molar-refractivity contribution in [1.29, 1.82) is 0 Å². The summed E-state index contributed by atoms with van der Waals surface area (Å²) < 4.78 is 94.9. The molecule has 0 radical (unpaired) electrons. The van der Waals surface area contributed by atoms with Gasteiger partial charge in [0.15, 0.2) is 0 Å². The molecule has 0 aromatic heterocycles. The van der Waals surface area contributed by atoms with Crippen LogP contribution in [0, 0.1) is 0 Å². The Morgan fingerprint density at radius 1 is 0.906 bits per heavy atom. The molecule has 0 aliphatic heterocycles. The molecule has 0 fully saturated rings. The highest BCUT2D eigenvalue weighted by Crippen LogP contribution is 2.45. The zero-order chi connectivity index (χ0) is 23.6. The fourth-order valence-electron chi connectivity index (χ4n) is 2.76. The largest absolute Gasteiger partial charge is 0.488 e. The molecule has 0 amide bonds. The van der Waals surface area contributed by atoms with Gasteiger partial charge in [-0.05, 0) is 34.5 Å². The third-order valence-electron chi connectivity index (χ3n) is 4.39. The zero-order valence-electron chi connectivity index (χ0n) is 15.9. The molecule has 3 rings (SSSR count). The van der Waals surface area contributed by atoms with Crippen LogP contribution in [0.15, 0.2) is 65.8 Å². The minimum absolute atomic E-state index is 0.0173. The number of ether oxygens (including phenoxy) is 1. The quantitative estimate of drug-likeness (QED) is 0.176. The Kier molecular flexibility index (Phi) is 6.54. The molecule has 0 unspecified atom stereocenters. The van der Waals surface area contributed by atoms with E-state index in [9.17, 15) is 30.7 Å². The SMILES string of the molecule is FC(F)(F)C(F)(F)C(F)(F)N/N=C\c1cc(Cl)ccc1OCc1cccc2ccccc12. The Morgan fingerprint density at radius 3 is 2.31 bits per heavy atom. The average molecular weight is 479 g/mol. The summed E-state index contributed by atoms with van der Waals surface area (Å²) in [5, 5.41) is 4.87. The second kappa shape index (κ2) is 8.85. The van der Waals surface area contributed by atoms with Gasteiger partial charge in [-0.25, -0.2) is 5.43 Å². The van der Waals surface area contributed by atoms with E-state index in [4.69, 9.17) is 16.3 Å². The van der Waals surface area contributed by atoms with Gasteiger partial charge in [-0.15, -0.1) is 0 Å². The number of rotatable bonds is 7. The molecule has 3 nitrogen and oxygen atoms in total. The van der Waals surface area contributed by atoms with Crippen molar-refractivity contribution in [3.8, 4) is 5.75 Å². The Labute approximate surface area is 182 Å². The van der Waals surface area contributed by atoms with Crippen molar-refractivity contribution in [1.82, 2.24) is 5.43 Å². The van der Waals surface area contributed by atoms with Crippen molar-refractivity contribution in [3.05, 3.63) is 76.8 Å². The molecule has 0 aliphatic rings. The zero-order valence-corrected chi connectivity index (χ0v) is 16.7. The topological polar surface area (TPSA) is 33.6 Å². The molecule has 0 heterocycles. The number of hydrazone groups is 1. The van der Waals surface area contributed by atoms with E-state index < -0.39 is 18.1 Å². The first-order valence-corrected chi connectivity index (χ1v) is 9.32. The second-order valence-electron chi connectivity index (χ2n) is 6.63. The lowest BCUT2D eigenvalue weighted by Crippen LogP contribution is -2.58. The van der Waals surface area contributed by atoms with Crippen molar-refractivity contribution < 1.29 is 35.5 Å². The minimum Gasteiger partial charge on any atom is -0.488 e. The van der Waals surface area contributed by atoms with Crippen LogP contribution < -0.4 is 10.2 Å². The Hall–Kier alpha value is -3.01. The third kappa shape index (κ3) is 4.90. The molecule has 3 aromatic carbocycles. The van der Waals surface area contributed by atoms with Crippen LogP contribution in [0.1, 0.15) is 11.1 Å². The maximum Gasteiger partial charge on any atom is 0.462 e. The number of fused-ring (bicyclic) bond motifs is 1. The summed E-state index contributed by atoms with van der Waals surface area (Å²) in [5.41, 5.74) is 1.35. The van der Waals surface area contributed by atoms with Crippen LogP contribution in [-0.4, -0.2) is 24.4 Å². The first-order chi connectivity index (χ1) is 14.9. The fourth-order valence-corrected chi connectivity index (χ4v) is 2.94. The van der Waals surface area contributed by atoms with Crippen LogP contribution in [0.3, 0.4) is 0 Å². The van der Waals surface area contributed by atoms with Crippen molar-refractivity contribution in [3.63, 3.8) is 0 Å². The normalized spacial score (nSPS) is 13.0. The van der Waals surface area contributed by atoms with E-state index in [1.807, 2.05) is 42.5 Å². The van der Waals surface area contributed by atoms with E-state index in [0.29, 0.717) is 11.6 Å². The molecule has 0 atom stereocenters. The number of halogens is 8. The molecule has 0 bridgehead atoms. The Bertz CT molecular complexity index is 1130. The molecule has 1 N–H and O–H groups in total. The highest BCUT2D eigenvalue weighted by Gasteiger charge is 2.73. The molecule has 0 saturated heterocycles. The third-order valence-corrected chi connectivity index (χ3v) is 4.63. The molecule has 3 aromatic rings. The van der Waals surface area contributed by atoms with Crippen molar-refractivity contribution in [2.24, 2.45) is 5.10 Å². The Balaban J connectivity index is 1.79. The van der Waals surface area contributed by atoms with Crippen molar-refractivity contribution >= 4 is 28.6 Å². The predicted molar refractivity (Wildman–Crippen MR) is 106 cm³/mol. The molecule has 11 heteroatoms. The van der Waals surface area contributed by atoms with Crippen LogP contribution in [0.5, 0.6) is 5.75 Å². The van der Waals surface area contributed by atoms with E-state index in [1.54, 1.807) is 0 Å². The first kappa shape index (κ1) is 23.6. The molecule has 0 spiro atoms. The number of hydrogen-bond donors (Lipinski definition) is 1. The summed E-state index contributed by atoms with van der Waals surface area (Å²) in [6, 6.07) is 11.4. The lowest BCUT2D eigenvalue weighted by atomic mass is 10.1. The lowest BCUT2D eigenvalue weighted by Gasteiger charge is -2.27. The second-order valence-corrected chi connectivity index (χ2v) is 7.06. The molecule has 0 aliphatic carbocycles. The summed E-state index contributed by atoms with van der Waals surface area (Å²) in [5.74, 6) is -6.24. The fraction of sp³-hybridized carbons (Fsp3) is 0.190. The smallest absolute Gasteiger partial charge is 0.462 e. The number of hydrogen-bond acceptors (Lipinski definition) is 3. The van der Waals surface area contributed by atoms with Gasteiger partial charge in [-0.3, -0.25) is 0 Å². The summed E-state index contributed by atoms with van der Waals surface area (Å²) in [4.78, 5) is 0.